The van der Waals surface area contributed by atoms with E-state index in [9.17, 15) is 13.2 Å². The number of hydrogen-bond acceptors (Lipinski definition) is 6. The molecule has 0 aliphatic carbocycles. The van der Waals surface area contributed by atoms with Gasteiger partial charge in [0.25, 0.3) is 5.91 Å². The number of hydrogen-bond donors (Lipinski definition) is 0. The van der Waals surface area contributed by atoms with Crippen molar-refractivity contribution in [2.45, 2.75) is 4.90 Å². The van der Waals surface area contributed by atoms with Crippen molar-refractivity contribution >= 4 is 26.7 Å². The third-order valence-corrected chi connectivity index (χ3v) is 7.57. The van der Waals surface area contributed by atoms with Crippen LogP contribution in [0.15, 0.2) is 65.6 Å². The van der Waals surface area contributed by atoms with Gasteiger partial charge in [-0.3, -0.25) is 4.79 Å². The van der Waals surface area contributed by atoms with E-state index in [4.69, 9.17) is 14.2 Å². The molecule has 0 aromatic heterocycles. The van der Waals surface area contributed by atoms with Crippen LogP contribution in [-0.2, 0) is 14.8 Å². The predicted molar refractivity (Wildman–Crippen MR) is 124 cm³/mol. The molecule has 0 spiro atoms. The molecule has 1 fully saturated rings. The van der Waals surface area contributed by atoms with Crippen LogP contribution in [0.5, 0.6) is 17.2 Å². The molecule has 1 aliphatic rings. The Balaban J connectivity index is 1.38. The van der Waals surface area contributed by atoms with Gasteiger partial charge in [-0.05, 0) is 35.0 Å². The van der Waals surface area contributed by atoms with Crippen molar-refractivity contribution in [1.29, 1.82) is 0 Å². The van der Waals surface area contributed by atoms with Gasteiger partial charge in [-0.25, -0.2) is 8.42 Å². The van der Waals surface area contributed by atoms with E-state index in [1.165, 1.54) is 18.5 Å². The van der Waals surface area contributed by atoms with E-state index in [0.717, 1.165) is 10.8 Å². The summed E-state index contributed by atoms with van der Waals surface area (Å²) >= 11 is 0. The van der Waals surface area contributed by atoms with E-state index in [0.29, 0.717) is 17.2 Å². The smallest absolute Gasteiger partial charge is 0.260 e. The van der Waals surface area contributed by atoms with E-state index < -0.39 is 10.0 Å². The van der Waals surface area contributed by atoms with Crippen LogP contribution in [0.1, 0.15) is 0 Å². The van der Waals surface area contributed by atoms with Gasteiger partial charge in [-0.15, -0.1) is 0 Å². The molecule has 9 heteroatoms. The van der Waals surface area contributed by atoms with Crippen LogP contribution in [-0.4, -0.2) is 70.5 Å². The fourth-order valence-corrected chi connectivity index (χ4v) is 5.30. The molecule has 3 aromatic carbocycles. The molecular weight excluding hydrogens is 444 g/mol. The lowest BCUT2D eigenvalue weighted by atomic mass is 10.1. The molecule has 33 heavy (non-hydrogen) atoms. The summed E-state index contributed by atoms with van der Waals surface area (Å²) in [5.74, 6) is 1.06. The Morgan fingerprint density at radius 2 is 1.48 bits per heavy atom. The van der Waals surface area contributed by atoms with Crippen LogP contribution in [0.3, 0.4) is 0 Å². The Morgan fingerprint density at radius 1 is 0.848 bits per heavy atom. The summed E-state index contributed by atoms with van der Waals surface area (Å²) in [6, 6.07) is 18.0. The fraction of sp³-hybridized carbons (Fsp3) is 0.292. The number of carbonyl (C=O) groups is 1. The Hall–Kier alpha value is -3.30. The van der Waals surface area contributed by atoms with E-state index >= 15 is 0 Å². The minimum absolute atomic E-state index is 0.200. The average molecular weight is 471 g/mol. The number of amides is 1. The molecule has 0 atom stereocenters. The Morgan fingerprint density at radius 3 is 2.12 bits per heavy atom. The van der Waals surface area contributed by atoms with Crippen molar-refractivity contribution in [1.82, 2.24) is 9.21 Å². The molecule has 174 valence electrons. The lowest BCUT2D eigenvalue weighted by Gasteiger charge is -2.34. The van der Waals surface area contributed by atoms with Crippen molar-refractivity contribution < 1.29 is 27.4 Å². The molecule has 3 aromatic rings. The van der Waals surface area contributed by atoms with Gasteiger partial charge in [-0.1, -0.05) is 36.4 Å². The summed E-state index contributed by atoms with van der Waals surface area (Å²) in [5, 5.41) is 1.86. The summed E-state index contributed by atoms with van der Waals surface area (Å²) in [6.07, 6.45) is 0. The van der Waals surface area contributed by atoms with Gasteiger partial charge in [0.05, 0.1) is 19.1 Å². The molecular formula is C24H26N2O6S. The second kappa shape index (κ2) is 9.68. The van der Waals surface area contributed by atoms with Gasteiger partial charge < -0.3 is 19.1 Å². The number of ether oxygens (including phenoxy) is 3. The van der Waals surface area contributed by atoms with Gasteiger partial charge in [-0.2, -0.15) is 4.31 Å². The maximum Gasteiger partial charge on any atom is 0.260 e. The number of fused-ring (bicyclic) bond motifs is 1. The zero-order chi connectivity index (χ0) is 23.4. The van der Waals surface area contributed by atoms with Gasteiger partial charge >= 0.3 is 0 Å². The second-order valence-corrected chi connectivity index (χ2v) is 9.51. The molecule has 1 heterocycles. The third-order valence-electron chi connectivity index (χ3n) is 5.67. The standard InChI is InChI=1S/C24H26N2O6S/c1-30-21-8-5-9-22(31-2)24(21)32-17-23(27)25-12-14-26(15-13-25)33(28,29)20-11-10-18-6-3-4-7-19(18)16-20/h3-11,16H,12-15,17H2,1-2H3. The first-order chi connectivity index (χ1) is 15.9. The maximum atomic E-state index is 13.1. The number of methoxy groups -OCH3 is 2. The van der Waals surface area contributed by atoms with Crippen molar-refractivity contribution in [2.75, 3.05) is 47.0 Å². The Bertz CT molecular complexity index is 1230. The van der Waals surface area contributed by atoms with Crippen molar-refractivity contribution in [3.63, 3.8) is 0 Å². The van der Waals surface area contributed by atoms with Crippen molar-refractivity contribution in [3.8, 4) is 17.2 Å². The first-order valence-electron chi connectivity index (χ1n) is 10.5. The van der Waals surface area contributed by atoms with Gasteiger partial charge in [0, 0.05) is 26.2 Å². The number of piperazine rings is 1. The van der Waals surface area contributed by atoms with Crippen LogP contribution < -0.4 is 14.2 Å². The Kier molecular flexibility index (Phi) is 6.71. The number of benzene rings is 3. The molecule has 0 radical (unpaired) electrons. The molecule has 8 nitrogen and oxygen atoms in total. The fourth-order valence-electron chi connectivity index (χ4n) is 3.84. The normalized spacial score (nSPS) is 14.8. The second-order valence-electron chi connectivity index (χ2n) is 7.57. The maximum absolute atomic E-state index is 13.1. The topological polar surface area (TPSA) is 85.4 Å². The SMILES string of the molecule is COc1cccc(OC)c1OCC(=O)N1CCN(S(=O)(=O)c2ccc3ccccc3c2)CC1. The predicted octanol–water partition coefficient (Wildman–Crippen LogP) is 2.77. The molecule has 0 N–H and O–H groups in total. The molecule has 4 rings (SSSR count). The largest absolute Gasteiger partial charge is 0.493 e. The number of sulfonamides is 1. The molecule has 0 unspecified atom stereocenters. The number of nitrogens with zero attached hydrogens (tertiary/aromatic N) is 2. The molecule has 0 saturated carbocycles. The van der Waals surface area contributed by atoms with Crippen LogP contribution in [0.2, 0.25) is 0 Å². The highest BCUT2D eigenvalue weighted by atomic mass is 32.2. The average Bonchev–Trinajstić information content (AvgIpc) is 2.86. The van der Waals surface area contributed by atoms with Crippen LogP contribution in [0.4, 0.5) is 0 Å². The zero-order valence-corrected chi connectivity index (χ0v) is 19.4. The van der Waals surface area contributed by atoms with Crippen LogP contribution >= 0.6 is 0 Å². The molecule has 0 bridgehead atoms. The molecule has 1 aliphatic heterocycles. The lowest BCUT2D eigenvalue weighted by Crippen LogP contribution is -2.51. The summed E-state index contributed by atoms with van der Waals surface area (Å²) in [7, 11) is -0.620. The lowest BCUT2D eigenvalue weighted by molar-refractivity contribution is -0.134. The first-order valence-corrected chi connectivity index (χ1v) is 12.0. The highest BCUT2D eigenvalue weighted by Gasteiger charge is 2.30. The molecule has 1 amide bonds. The molecule has 1 saturated heterocycles. The monoisotopic (exact) mass is 470 g/mol. The Labute approximate surface area is 193 Å². The van der Waals surface area contributed by atoms with E-state index in [2.05, 4.69) is 0 Å². The summed E-state index contributed by atoms with van der Waals surface area (Å²) in [6.45, 7) is 0.821. The number of rotatable bonds is 7. The highest BCUT2D eigenvalue weighted by Crippen LogP contribution is 2.36. The van der Waals surface area contributed by atoms with Crippen molar-refractivity contribution in [3.05, 3.63) is 60.7 Å². The van der Waals surface area contributed by atoms with Crippen LogP contribution in [0, 0.1) is 0 Å². The van der Waals surface area contributed by atoms with Crippen molar-refractivity contribution in [2.24, 2.45) is 0 Å². The van der Waals surface area contributed by atoms with Gasteiger partial charge in [0.2, 0.25) is 15.8 Å². The minimum Gasteiger partial charge on any atom is -0.493 e. The minimum atomic E-state index is -3.64. The first kappa shape index (κ1) is 22.9. The number of para-hydroxylation sites is 1. The highest BCUT2D eigenvalue weighted by molar-refractivity contribution is 7.89. The van der Waals surface area contributed by atoms with E-state index in [1.807, 2.05) is 30.3 Å². The van der Waals surface area contributed by atoms with Gasteiger partial charge in [0.1, 0.15) is 0 Å². The quantitative estimate of drug-likeness (QED) is 0.528. The zero-order valence-electron chi connectivity index (χ0n) is 18.6. The van der Waals surface area contributed by atoms with Gasteiger partial charge in [0.15, 0.2) is 18.1 Å². The third kappa shape index (κ3) is 4.74. The summed E-state index contributed by atoms with van der Waals surface area (Å²) in [4.78, 5) is 14.6. The summed E-state index contributed by atoms with van der Waals surface area (Å²) in [5.41, 5.74) is 0. The van der Waals surface area contributed by atoms with Crippen LogP contribution in [0.25, 0.3) is 10.8 Å². The van der Waals surface area contributed by atoms with E-state index in [-0.39, 0.29) is 43.6 Å². The van der Waals surface area contributed by atoms with E-state index in [1.54, 1.807) is 35.2 Å². The summed E-state index contributed by atoms with van der Waals surface area (Å²) < 4.78 is 43.9. The number of carbonyl (C=O) groups excluding carboxylic acids is 1.